The van der Waals surface area contributed by atoms with Crippen LogP contribution in [0.15, 0.2) is 6.33 Å². The van der Waals surface area contributed by atoms with Crippen LogP contribution in [-0.2, 0) is 27.6 Å². The Kier molecular flexibility index (Phi) is 5.82. The molecule has 0 aliphatic heterocycles. The summed E-state index contributed by atoms with van der Waals surface area (Å²) in [6.07, 6.45) is 2.75. The number of nitrogens with two attached hydrogens (primary N) is 1. The summed E-state index contributed by atoms with van der Waals surface area (Å²) >= 11 is 0. The molecular weight excluding hydrogens is 280 g/mol. The fourth-order valence-corrected chi connectivity index (χ4v) is 2.39. The molecule has 7 nitrogen and oxygen atoms in total. The Morgan fingerprint density at radius 3 is 2.65 bits per heavy atom. The maximum atomic E-state index is 12.0. The molecule has 0 spiro atoms. The van der Waals surface area contributed by atoms with Crippen molar-refractivity contribution in [1.82, 2.24) is 14.8 Å². The lowest BCUT2D eigenvalue weighted by atomic mass is 10.1. The molecule has 0 aliphatic carbocycles. The number of hydrogen-bond acceptors (Lipinski definition) is 6. The van der Waals surface area contributed by atoms with Crippen LogP contribution in [0.3, 0.4) is 0 Å². The number of aromatic nitrogens is 3. The van der Waals surface area contributed by atoms with Gasteiger partial charge in [-0.05, 0) is 12.3 Å². The van der Waals surface area contributed by atoms with Gasteiger partial charge in [0, 0.05) is 12.8 Å². The molecule has 0 fully saturated rings. The molecule has 2 N–H and O–H groups in total. The van der Waals surface area contributed by atoms with E-state index in [-0.39, 0.29) is 24.4 Å². The number of Topliss-reactive ketones (excluding diaryl/α,β-unsaturated/α-hetero) is 1. The van der Waals surface area contributed by atoms with Crippen molar-refractivity contribution in [3.05, 3.63) is 12.2 Å². The molecule has 8 heteroatoms. The first kappa shape index (κ1) is 16.8. The molecule has 0 aromatic carbocycles. The standard InChI is InChI=1S/C12H22N4O3S/c1-9(2)7-16-12(14-8-15-16)6-11(17)10(13)4-5-20(3,18)19/h8-10H,4-7,13H2,1-3H3. The van der Waals surface area contributed by atoms with Crippen molar-refractivity contribution in [2.24, 2.45) is 11.7 Å². The molecule has 0 bridgehead atoms. The summed E-state index contributed by atoms with van der Waals surface area (Å²) in [7, 11) is -3.10. The summed E-state index contributed by atoms with van der Waals surface area (Å²) < 4.78 is 23.8. The molecule has 0 saturated heterocycles. The molecule has 114 valence electrons. The summed E-state index contributed by atoms with van der Waals surface area (Å²) in [4.78, 5) is 16.0. The minimum absolute atomic E-state index is 0.0810. The Labute approximate surface area is 119 Å². The van der Waals surface area contributed by atoms with Gasteiger partial charge in [0.15, 0.2) is 5.78 Å². The number of sulfone groups is 1. The Morgan fingerprint density at radius 1 is 1.45 bits per heavy atom. The molecule has 1 rings (SSSR count). The molecule has 1 atom stereocenters. The van der Waals surface area contributed by atoms with E-state index in [0.717, 1.165) is 6.26 Å². The fourth-order valence-electron chi connectivity index (χ4n) is 1.71. The van der Waals surface area contributed by atoms with E-state index >= 15 is 0 Å². The molecule has 0 amide bonds. The van der Waals surface area contributed by atoms with Crippen LogP contribution in [-0.4, -0.2) is 47.0 Å². The molecule has 1 heterocycles. The van der Waals surface area contributed by atoms with Crippen molar-refractivity contribution >= 4 is 15.6 Å². The van der Waals surface area contributed by atoms with Gasteiger partial charge >= 0.3 is 0 Å². The zero-order valence-corrected chi connectivity index (χ0v) is 12.9. The Balaban J connectivity index is 2.59. The smallest absolute Gasteiger partial charge is 0.157 e. The Bertz CT molecular complexity index is 551. The van der Waals surface area contributed by atoms with Crippen LogP contribution in [0.1, 0.15) is 26.1 Å². The third-order valence-electron chi connectivity index (χ3n) is 2.78. The fraction of sp³-hybridized carbons (Fsp3) is 0.750. The lowest BCUT2D eigenvalue weighted by Gasteiger charge is -2.11. The highest BCUT2D eigenvalue weighted by Crippen LogP contribution is 2.05. The summed E-state index contributed by atoms with van der Waals surface area (Å²) in [6.45, 7) is 4.78. The zero-order valence-electron chi connectivity index (χ0n) is 12.1. The number of ketones is 1. The van der Waals surface area contributed by atoms with Crippen LogP contribution in [0.2, 0.25) is 0 Å². The van der Waals surface area contributed by atoms with Crippen molar-refractivity contribution in [3.8, 4) is 0 Å². The van der Waals surface area contributed by atoms with Gasteiger partial charge in [0.25, 0.3) is 0 Å². The van der Waals surface area contributed by atoms with Crippen LogP contribution < -0.4 is 5.73 Å². The highest BCUT2D eigenvalue weighted by Gasteiger charge is 2.19. The summed E-state index contributed by atoms with van der Waals surface area (Å²) in [6, 6.07) is -0.783. The number of nitrogens with zero attached hydrogens (tertiary/aromatic N) is 3. The van der Waals surface area contributed by atoms with Crippen molar-refractivity contribution < 1.29 is 13.2 Å². The minimum Gasteiger partial charge on any atom is -0.321 e. The number of rotatable bonds is 8. The van der Waals surface area contributed by atoms with Gasteiger partial charge in [0.05, 0.1) is 18.2 Å². The van der Waals surface area contributed by atoms with Gasteiger partial charge < -0.3 is 5.73 Å². The highest BCUT2D eigenvalue weighted by molar-refractivity contribution is 7.90. The number of hydrogen-bond donors (Lipinski definition) is 1. The maximum absolute atomic E-state index is 12.0. The van der Waals surface area contributed by atoms with Crippen molar-refractivity contribution in [3.63, 3.8) is 0 Å². The Hall–Kier alpha value is -1.28. The lowest BCUT2D eigenvalue weighted by Crippen LogP contribution is -2.34. The van der Waals surface area contributed by atoms with E-state index in [0.29, 0.717) is 18.3 Å². The van der Waals surface area contributed by atoms with Crippen molar-refractivity contribution in [2.45, 2.75) is 39.3 Å². The molecular formula is C12H22N4O3S. The third-order valence-corrected chi connectivity index (χ3v) is 3.76. The predicted octanol–water partition coefficient (Wildman–Crippen LogP) is -0.192. The second kappa shape index (κ2) is 6.94. The lowest BCUT2D eigenvalue weighted by molar-refractivity contribution is -0.119. The van der Waals surface area contributed by atoms with E-state index in [2.05, 4.69) is 10.1 Å². The van der Waals surface area contributed by atoms with E-state index in [4.69, 9.17) is 5.73 Å². The van der Waals surface area contributed by atoms with Gasteiger partial charge in [-0.15, -0.1) is 0 Å². The van der Waals surface area contributed by atoms with E-state index in [1.54, 1.807) is 4.68 Å². The summed E-state index contributed by atoms with van der Waals surface area (Å²) in [5, 5.41) is 4.07. The van der Waals surface area contributed by atoms with Crippen molar-refractivity contribution in [1.29, 1.82) is 0 Å². The second-order valence-electron chi connectivity index (χ2n) is 5.42. The van der Waals surface area contributed by atoms with Crippen LogP contribution in [0.25, 0.3) is 0 Å². The first-order chi connectivity index (χ1) is 9.19. The Morgan fingerprint density at radius 2 is 2.10 bits per heavy atom. The topological polar surface area (TPSA) is 108 Å². The van der Waals surface area contributed by atoms with Gasteiger partial charge in [0.2, 0.25) is 0 Å². The molecule has 20 heavy (non-hydrogen) atoms. The maximum Gasteiger partial charge on any atom is 0.157 e. The van der Waals surface area contributed by atoms with Crippen LogP contribution in [0.4, 0.5) is 0 Å². The summed E-state index contributed by atoms with van der Waals surface area (Å²) in [5.74, 6) is 0.660. The largest absolute Gasteiger partial charge is 0.321 e. The molecule has 1 aromatic heterocycles. The van der Waals surface area contributed by atoms with E-state index < -0.39 is 15.9 Å². The van der Waals surface area contributed by atoms with Crippen LogP contribution >= 0.6 is 0 Å². The van der Waals surface area contributed by atoms with E-state index in [9.17, 15) is 13.2 Å². The highest BCUT2D eigenvalue weighted by atomic mass is 32.2. The minimum atomic E-state index is -3.10. The number of carbonyl (C=O) groups excluding carboxylic acids is 1. The normalized spacial score (nSPS) is 13.7. The van der Waals surface area contributed by atoms with Gasteiger partial charge in [-0.3, -0.25) is 4.79 Å². The summed E-state index contributed by atoms with van der Waals surface area (Å²) in [5.41, 5.74) is 5.72. The first-order valence-electron chi connectivity index (χ1n) is 6.51. The quantitative estimate of drug-likeness (QED) is 0.713. The molecule has 1 unspecified atom stereocenters. The first-order valence-corrected chi connectivity index (χ1v) is 8.58. The van der Waals surface area contributed by atoms with Gasteiger partial charge in [-0.25, -0.2) is 18.1 Å². The monoisotopic (exact) mass is 302 g/mol. The van der Waals surface area contributed by atoms with Crippen LogP contribution in [0.5, 0.6) is 0 Å². The molecule has 1 aromatic rings. The average molecular weight is 302 g/mol. The SMILES string of the molecule is CC(C)Cn1ncnc1CC(=O)C(N)CCS(C)(=O)=O. The molecule has 0 aliphatic rings. The zero-order chi connectivity index (χ0) is 15.3. The predicted molar refractivity (Wildman–Crippen MR) is 75.9 cm³/mol. The van der Waals surface area contributed by atoms with Gasteiger partial charge in [0.1, 0.15) is 22.0 Å². The van der Waals surface area contributed by atoms with Crippen LogP contribution in [0, 0.1) is 5.92 Å². The number of carbonyl (C=O) groups is 1. The molecule has 0 radical (unpaired) electrons. The van der Waals surface area contributed by atoms with Crippen molar-refractivity contribution in [2.75, 3.05) is 12.0 Å². The van der Waals surface area contributed by atoms with Gasteiger partial charge in [-0.2, -0.15) is 5.10 Å². The van der Waals surface area contributed by atoms with Gasteiger partial charge in [-0.1, -0.05) is 13.8 Å². The van der Waals surface area contributed by atoms with E-state index in [1.165, 1.54) is 6.33 Å². The van der Waals surface area contributed by atoms with E-state index in [1.807, 2.05) is 13.8 Å². The third kappa shape index (κ3) is 5.79. The second-order valence-corrected chi connectivity index (χ2v) is 7.68. The average Bonchev–Trinajstić information content (AvgIpc) is 2.71. The molecule has 0 saturated carbocycles.